The van der Waals surface area contributed by atoms with Crippen LogP contribution in [0, 0.1) is 0 Å². The van der Waals surface area contributed by atoms with E-state index in [1.807, 2.05) is 31.3 Å². The number of benzene rings is 1. The normalized spacial score (nSPS) is 14.8. The summed E-state index contributed by atoms with van der Waals surface area (Å²) in [5, 5.41) is 8.03. The number of urea groups is 1. The Kier molecular flexibility index (Phi) is 6.41. The summed E-state index contributed by atoms with van der Waals surface area (Å²) in [6, 6.07) is 7.68. The van der Waals surface area contributed by atoms with Gasteiger partial charge in [0.25, 0.3) is 0 Å². The maximum absolute atomic E-state index is 12.3. The van der Waals surface area contributed by atoms with Gasteiger partial charge in [-0.3, -0.25) is 10.1 Å². The molecular formula is C19H25N5O2S. The average molecular weight is 388 g/mol. The van der Waals surface area contributed by atoms with Crippen molar-refractivity contribution in [3.63, 3.8) is 0 Å². The highest BCUT2D eigenvalue weighted by molar-refractivity contribution is 7.13. The summed E-state index contributed by atoms with van der Waals surface area (Å²) in [6.07, 6.45) is 1.14. The zero-order valence-electron chi connectivity index (χ0n) is 15.7. The molecule has 1 saturated heterocycles. The van der Waals surface area contributed by atoms with E-state index in [4.69, 9.17) is 0 Å². The zero-order chi connectivity index (χ0) is 19.2. The van der Waals surface area contributed by atoms with Crippen LogP contribution in [0.2, 0.25) is 0 Å². The number of anilines is 2. The third-order valence-electron chi connectivity index (χ3n) is 4.54. The number of carbonyl (C=O) groups excluding carboxylic acids is 2. The largest absolute Gasteiger partial charge is 0.326 e. The van der Waals surface area contributed by atoms with Crippen molar-refractivity contribution in [3.8, 4) is 0 Å². The number of rotatable bonds is 5. The smallest absolute Gasteiger partial charge is 0.323 e. The topological polar surface area (TPSA) is 77.6 Å². The Morgan fingerprint density at radius 2 is 1.81 bits per heavy atom. The Bertz CT molecular complexity index is 782. The molecule has 3 rings (SSSR count). The fraction of sp³-hybridized carbons (Fsp3) is 0.421. The van der Waals surface area contributed by atoms with Gasteiger partial charge in [0, 0.05) is 37.2 Å². The lowest BCUT2D eigenvalue weighted by Gasteiger charge is -2.32. The van der Waals surface area contributed by atoms with Crippen LogP contribution >= 0.6 is 11.3 Å². The molecule has 27 heavy (non-hydrogen) atoms. The molecule has 0 saturated carbocycles. The molecule has 0 bridgehead atoms. The van der Waals surface area contributed by atoms with Gasteiger partial charge in [-0.2, -0.15) is 0 Å². The second-order valence-corrected chi connectivity index (χ2v) is 7.50. The molecule has 2 N–H and O–H groups in total. The molecule has 7 nitrogen and oxygen atoms in total. The van der Waals surface area contributed by atoms with Crippen LogP contribution < -0.4 is 10.6 Å². The van der Waals surface area contributed by atoms with Crippen LogP contribution in [-0.2, 0) is 17.6 Å². The van der Waals surface area contributed by atoms with E-state index in [2.05, 4.69) is 27.4 Å². The van der Waals surface area contributed by atoms with Crippen molar-refractivity contribution in [2.75, 3.05) is 43.9 Å². The molecule has 144 valence electrons. The van der Waals surface area contributed by atoms with Gasteiger partial charge in [0.1, 0.15) is 0 Å². The minimum Gasteiger partial charge on any atom is -0.326 e. The third-order valence-corrected chi connectivity index (χ3v) is 5.35. The lowest BCUT2D eigenvalue weighted by molar-refractivity contribution is -0.115. The number of nitrogens with zero attached hydrogens (tertiary/aromatic N) is 3. The summed E-state index contributed by atoms with van der Waals surface area (Å²) in [6.45, 7) is 5.25. The monoisotopic (exact) mass is 387 g/mol. The molecule has 0 unspecified atom stereocenters. The van der Waals surface area contributed by atoms with Gasteiger partial charge in [-0.05, 0) is 31.2 Å². The second-order valence-electron chi connectivity index (χ2n) is 6.64. The number of piperazine rings is 1. The minimum absolute atomic E-state index is 0.124. The number of hydrogen-bond acceptors (Lipinski definition) is 5. The molecule has 1 aromatic heterocycles. The summed E-state index contributed by atoms with van der Waals surface area (Å²) < 4.78 is 0. The number of aryl methyl sites for hydroxylation is 1. The van der Waals surface area contributed by atoms with Crippen LogP contribution in [0.4, 0.5) is 15.6 Å². The molecule has 0 atom stereocenters. The van der Waals surface area contributed by atoms with Crippen molar-refractivity contribution in [2.24, 2.45) is 0 Å². The van der Waals surface area contributed by atoms with Crippen molar-refractivity contribution < 1.29 is 9.59 Å². The summed E-state index contributed by atoms with van der Waals surface area (Å²) >= 11 is 1.34. The van der Waals surface area contributed by atoms with E-state index in [-0.39, 0.29) is 18.4 Å². The molecule has 0 radical (unpaired) electrons. The second kappa shape index (κ2) is 8.96. The molecule has 2 heterocycles. The summed E-state index contributed by atoms with van der Waals surface area (Å²) in [7, 11) is 2.05. The van der Waals surface area contributed by atoms with E-state index in [0.29, 0.717) is 23.9 Å². The lowest BCUT2D eigenvalue weighted by Crippen LogP contribution is -2.48. The first-order valence-electron chi connectivity index (χ1n) is 9.11. The van der Waals surface area contributed by atoms with Gasteiger partial charge in [0.2, 0.25) is 5.91 Å². The van der Waals surface area contributed by atoms with Crippen molar-refractivity contribution in [1.82, 2.24) is 14.8 Å². The first kappa shape index (κ1) is 19.3. The number of carbonyl (C=O) groups is 2. The van der Waals surface area contributed by atoms with Crippen LogP contribution in [-0.4, -0.2) is 59.9 Å². The molecule has 1 aromatic carbocycles. The minimum atomic E-state index is -0.135. The van der Waals surface area contributed by atoms with Crippen LogP contribution in [0.5, 0.6) is 0 Å². The first-order valence-corrected chi connectivity index (χ1v) is 9.99. The van der Waals surface area contributed by atoms with E-state index in [9.17, 15) is 9.59 Å². The Morgan fingerprint density at radius 3 is 2.48 bits per heavy atom. The highest BCUT2D eigenvalue weighted by atomic mass is 32.1. The van der Waals surface area contributed by atoms with Crippen LogP contribution in [0.1, 0.15) is 18.2 Å². The molecule has 8 heteroatoms. The Labute approximate surface area is 163 Å². The quantitative estimate of drug-likeness (QED) is 0.827. The van der Waals surface area contributed by atoms with E-state index >= 15 is 0 Å². The number of hydrogen-bond donors (Lipinski definition) is 2. The first-order chi connectivity index (χ1) is 13.0. The summed E-state index contributed by atoms with van der Waals surface area (Å²) in [5.41, 5.74) is 2.65. The molecule has 1 aliphatic heterocycles. The van der Waals surface area contributed by atoms with Crippen LogP contribution in [0.3, 0.4) is 0 Å². The standard InChI is InChI=1S/C19H25N5O2S/c1-3-14-4-6-15(7-5-14)20-17(25)12-16-13-27-18(21-16)22-19(26)24-10-8-23(2)9-11-24/h4-7,13H,3,8-12H2,1-2H3,(H,20,25)(H,21,22,26). The molecule has 0 aliphatic carbocycles. The molecule has 1 aliphatic rings. The number of amides is 3. The van der Waals surface area contributed by atoms with Gasteiger partial charge >= 0.3 is 6.03 Å². The van der Waals surface area contributed by atoms with Crippen LogP contribution in [0.15, 0.2) is 29.6 Å². The molecule has 2 aromatic rings. The predicted octanol–water partition coefficient (Wildman–Crippen LogP) is 2.67. The van der Waals surface area contributed by atoms with Gasteiger partial charge in [0.05, 0.1) is 12.1 Å². The molecular weight excluding hydrogens is 362 g/mol. The fourth-order valence-electron chi connectivity index (χ4n) is 2.82. The van der Waals surface area contributed by atoms with Gasteiger partial charge in [0.15, 0.2) is 5.13 Å². The highest BCUT2D eigenvalue weighted by Gasteiger charge is 2.20. The van der Waals surface area contributed by atoms with Gasteiger partial charge in [-0.25, -0.2) is 9.78 Å². The predicted molar refractivity (Wildman–Crippen MR) is 108 cm³/mol. The highest BCUT2D eigenvalue weighted by Crippen LogP contribution is 2.17. The summed E-state index contributed by atoms with van der Waals surface area (Å²) in [5.74, 6) is -0.124. The Balaban J connectivity index is 1.49. The van der Waals surface area contributed by atoms with Gasteiger partial charge in [-0.1, -0.05) is 19.1 Å². The Morgan fingerprint density at radius 1 is 1.11 bits per heavy atom. The van der Waals surface area contributed by atoms with Crippen molar-refractivity contribution in [2.45, 2.75) is 19.8 Å². The average Bonchev–Trinajstić information content (AvgIpc) is 3.09. The molecule has 3 amide bonds. The van der Waals surface area contributed by atoms with Crippen molar-refractivity contribution in [1.29, 1.82) is 0 Å². The number of likely N-dealkylation sites (N-methyl/N-ethyl adjacent to an activating group) is 1. The van der Waals surface area contributed by atoms with E-state index in [0.717, 1.165) is 25.2 Å². The zero-order valence-corrected chi connectivity index (χ0v) is 16.5. The molecule has 1 fully saturated rings. The maximum Gasteiger partial charge on any atom is 0.323 e. The van der Waals surface area contributed by atoms with Gasteiger partial charge in [-0.15, -0.1) is 11.3 Å². The van der Waals surface area contributed by atoms with Crippen molar-refractivity contribution in [3.05, 3.63) is 40.9 Å². The van der Waals surface area contributed by atoms with Crippen molar-refractivity contribution >= 4 is 34.1 Å². The Hall–Kier alpha value is -2.45. The third kappa shape index (κ3) is 5.51. The lowest BCUT2D eigenvalue weighted by atomic mass is 10.1. The molecule has 0 spiro atoms. The SMILES string of the molecule is CCc1ccc(NC(=O)Cc2csc(NC(=O)N3CCN(C)CC3)n2)cc1. The number of thiazole rings is 1. The number of aromatic nitrogens is 1. The number of nitrogens with one attached hydrogen (secondary N) is 2. The fourth-order valence-corrected chi connectivity index (χ4v) is 3.52. The van der Waals surface area contributed by atoms with E-state index < -0.39 is 0 Å². The van der Waals surface area contributed by atoms with Crippen LogP contribution in [0.25, 0.3) is 0 Å². The summed E-state index contributed by atoms with van der Waals surface area (Å²) in [4.78, 5) is 32.8. The van der Waals surface area contributed by atoms with E-state index in [1.165, 1.54) is 16.9 Å². The van der Waals surface area contributed by atoms with Gasteiger partial charge < -0.3 is 15.1 Å². The maximum atomic E-state index is 12.3. The van der Waals surface area contributed by atoms with E-state index in [1.54, 1.807) is 10.3 Å².